The van der Waals surface area contributed by atoms with Crippen LogP contribution < -0.4 is 11.1 Å². The van der Waals surface area contributed by atoms with E-state index in [1.165, 1.54) is 13.0 Å². The first-order valence-electron chi connectivity index (χ1n) is 10.0. The summed E-state index contributed by atoms with van der Waals surface area (Å²) in [6.07, 6.45) is -6.29. The highest BCUT2D eigenvalue weighted by Gasteiger charge is 2.42. The largest absolute Gasteiger partial charge is 0.422 e. The zero-order valence-corrected chi connectivity index (χ0v) is 18.0. The van der Waals surface area contributed by atoms with E-state index in [9.17, 15) is 40.3 Å². The third-order valence-corrected chi connectivity index (χ3v) is 5.21. The molecular formula is C24H17F7N2O2. The molecule has 0 unspecified atom stereocenters. The van der Waals surface area contributed by atoms with Gasteiger partial charge in [-0.15, -0.1) is 0 Å². The first-order chi connectivity index (χ1) is 16.4. The third-order valence-electron chi connectivity index (χ3n) is 5.21. The van der Waals surface area contributed by atoms with Gasteiger partial charge in [-0.3, -0.25) is 9.59 Å². The van der Waals surface area contributed by atoms with Crippen molar-refractivity contribution < 1.29 is 40.3 Å². The second-order valence-electron chi connectivity index (χ2n) is 7.52. The zero-order valence-electron chi connectivity index (χ0n) is 18.0. The van der Waals surface area contributed by atoms with Crippen molar-refractivity contribution in [2.45, 2.75) is 26.1 Å². The number of hydrogen-bond donors (Lipinski definition) is 2. The number of ketones is 1. The second-order valence-corrected chi connectivity index (χ2v) is 7.52. The maximum atomic E-state index is 14.1. The highest BCUT2D eigenvalue weighted by Crippen LogP contribution is 2.38. The van der Waals surface area contributed by atoms with Gasteiger partial charge in [-0.05, 0) is 29.2 Å². The summed E-state index contributed by atoms with van der Waals surface area (Å²) in [7, 11) is 0. The fraction of sp³-hybridized carbons (Fsp3) is 0.167. The molecule has 11 heteroatoms. The fourth-order valence-electron chi connectivity index (χ4n) is 3.55. The number of anilines is 1. The molecule has 3 aromatic carbocycles. The van der Waals surface area contributed by atoms with Gasteiger partial charge in [0.05, 0.1) is 6.42 Å². The number of carbonyl (C=O) groups excluding carboxylic acids is 2. The lowest BCUT2D eigenvalue weighted by Gasteiger charge is -2.16. The van der Waals surface area contributed by atoms with Gasteiger partial charge in [0.2, 0.25) is 5.91 Å². The number of amides is 1. The van der Waals surface area contributed by atoms with Gasteiger partial charge in [-0.2, -0.15) is 13.2 Å². The summed E-state index contributed by atoms with van der Waals surface area (Å²) in [5.74, 6) is -11.6. The van der Waals surface area contributed by atoms with E-state index in [2.05, 4.69) is 0 Å². The molecule has 0 atom stereocenters. The summed E-state index contributed by atoms with van der Waals surface area (Å²) >= 11 is 0. The summed E-state index contributed by atoms with van der Waals surface area (Å²) in [4.78, 5) is 24.4. The summed E-state index contributed by atoms with van der Waals surface area (Å²) in [5.41, 5.74) is 3.39. The molecule has 0 heterocycles. The molecule has 3 N–H and O–H groups in total. The highest BCUT2D eigenvalue weighted by atomic mass is 19.4. The van der Waals surface area contributed by atoms with Gasteiger partial charge < -0.3 is 11.1 Å². The lowest BCUT2D eigenvalue weighted by molar-refractivity contribution is -0.143. The van der Waals surface area contributed by atoms with Crippen molar-refractivity contribution in [2.24, 2.45) is 5.73 Å². The molecular weight excluding hydrogens is 481 g/mol. The van der Waals surface area contributed by atoms with Crippen molar-refractivity contribution in [2.75, 3.05) is 5.32 Å². The van der Waals surface area contributed by atoms with Gasteiger partial charge in [-0.1, -0.05) is 42.5 Å². The van der Waals surface area contributed by atoms with E-state index in [4.69, 9.17) is 5.73 Å². The smallest absolute Gasteiger partial charge is 0.326 e. The molecule has 0 spiro atoms. The number of Topliss-reactive ketones (excluding diaryl/α,β-unsaturated/α-hetero) is 1. The van der Waals surface area contributed by atoms with Crippen molar-refractivity contribution >= 4 is 17.4 Å². The molecule has 0 saturated heterocycles. The van der Waals surface area contributed by atoms with E-state index >= 15 is 0 Å². The molecule has 0 fully saturated rings. The molecule has 0 bridgehead atoms. The molecule has 1 amide bonds. The molecule has 0 aliphatic rings. The monoisotopic (exact) mass is 498 g/mol. The van der Waals surface area contributed by atoms with Crippen LogP contribution in [0.25, 0.3) is 11.1 Å². The van der Waals surface area contributed by atoms with E-state index in [0.29, 0.717) is 22.3 Å². The molecule has 184 valence electrons. The zero-order chi connectivity index (χ0) is 26.1. The van der Waals surface area contributed by atoms with Crippen LogP contribution in [-0.4, -0.2) is 11.7 Å². The van der Waals surface area contributed by atoms with E-state index < -0.39 is 53.0 Å². The summed E-state index contributed by atoms with van der Waals surface area (Å²) in [6.45, 7) is 1.32. The second kappa shape index (κ2) is 9.87. The van der Waals surface area contributed by atoms with Gasteiger partial charge in [0.25, 0.3) is 0 Å². The van der Waals surface area contributed by atoms with Crippen LogP contribution >= 0.6 is 0 Å². The van der Waals surface area contributed by atoms with Crippen molar-refractivity contribution in [3.05, 3.63) is 88.0 Å². The van der Waals surface area contributed by atoms with Crippen LogP contribution in [0.15, 0.2) is 42.5 Å². The van der Waals surface area contributed by atoms with E-state index in [-0.39, 0.29) is 17.9 Å². The SMILES string of the molecule is CC(=O)c1ccccc1-c1ccc(CN)c(CC(=O)Nc2c(F)c(F)c(C(F)(F)F)c(F)c2F)c1. The van der Waals surface area contributed by atoms with Crippen LogP contribution in [0, 0.1) is 23.3 Å². The van der Waals surface area contributed by atoms with Crippen molar-refractivity contribution in [1.82, 2.24) is 0 Å². The number of nitrogens with two attached hydrogens (primary N) is 1. The highest BCUT2D eigenvalue weighted by molar-refractivity contribution is 6.01. The van der Waals surface area contributed by atoms with E-state index in [1.807, 2.05) is 0 Å². The Kier molecular flexibility index (Phi) is 7.30. The topological polar surface area (TPSA) is 72.2 Å². The predicted molar refractivity (Wildman–Crippen MR) is 113 cm³/mol. The van der Waals surface area contributed by atoms with Crippen LogP contribution in [-0.2, 0) is 23.9 Å². The molecule has 0 saturated carbocycles. The van der Waals surface area contributed by atoms with E-state index in [1.54, 1.807) is 41.7 Å². The molecule has 3 aromatic rings. The first kappa shape index (κ1) is 25.9. The Morgan fingerprint density at radius 1 is 0.886 bits per heavy atom. The lowest BCUT2D eigenvalue weighted by Crippen LogP contribution is -2.21. The predicted octanol–water partition coefficient (Wildman–Crippen LogP) is 5.77. The Hall–Kier alpha value is -3.73. The molecule has 4 nitrogen and oxygen atoms in total. The number of rotatable bonds is 6. The Balaban J connectivity index is 1.97. The van der Waals surface area contributed by atoms with Crippen LogP contribution in [0.2, 0.25) is 0 Å². The number of alkyl halides is 3. The average molecular weight is 498 g/mol. The Labute approximate surface area is 194 Å². The van der Waals surface area contributed by atoms with Gasteiger partial charge in [-0.25, -0.2) is 17.6 Å². The maximum absolute atomic E-state index is 14.1. The van der Waals surface area contributed by atoms with Crippen molar-refractivity contribution in [3.8, 4) is 11.1 Å². The van der Waals surface area contributed by atoms with Crippen LogP contribution in [0.1, 0.15) is 34.0 Å². The fourth-order valence-corrected chi connectivity index (χ4v) is 3.55. The summed E-state index contributed by atoms with van der Waals surface area (Å²) in [5, 5.41) is 1.60. The number of halogens is 7. The lowest BCUT2D eigenvalue weighted by atomic mass is 9.93. The van der Waals surface area contributed by atoms with Crippen LogP contribution in [0.3, 0.4) is 0 Å². The van der Waals surface area contributed by atoms with Crippen molar-refractivity contribution in [1.29, 1.82) is 0 Å². The Morgan fingerprint density at radius 2 is 1.49 bits per heavy atom. The summed E-state index contributed by atoms with van der Waals surface area (Å²) in [6, 6.07) is 11.3. The standard InChI is InChI=1S/C24H17F7N2O2/c1-11(34)15-4-2-3-5-16(15)12-6-7-13(10-32)14(8-12)9-17(35)33-23-21(27)19(25)18(24(29,30)31)20(26)22(23)28/h2-8H,9-10,32H2,1H3,(H,33,35). The van der Waals surface area contributed by atoms with Gasteiger partial charge >= 0.3 is 6.18 Å². The van der Waals surface area contributed by atoms with Gasteiger partial charge in [0.1, 0.15) is 11.3 Å². The molecule has 0 radical (unpaired) electrons. The minimum Gasteiger partial charge on any atom is -0.326 e. The van der Waals surface area contributed by atoms with Crippen LogP contribution in [0.4, 0.5) is 36.4 Å². The quantitative estimate of drug-likeness (QED) is 0.258. The van der Waals surface area contributed by atoms with Crippen molar-refractivity contribution in [3.63, 3.8) is 0 Å². The number of carbonyl (C=O) groups is 2. The molecule has 0 aromatic heterocycles. The average Bonchev–Trinajstić information content (AvgIpc) is 2.79. The Morgan fingerprint density at radius 3 is 2.03 bits per heavy atom. The van der Waals surface area contributed by atoms with Crippen LogP contribution in [0.5, 0.6) is 0 Å². The van der Waals surface area contributed by atoms with E-state index in [0.717, 1.165) is 0 Å². The molecule has 3 rings (SSSR count). The normalized spacial score (nSPS) is 11.5. The minimum absolute atomic E-state index is 0.0521. The first-order valence-corrected chi connectivity index (χ1v) is 10.0. The molecule has 0 aliphatic heterocycles. The van der Waals surface area contributed by atoms with Gasteiger partial charge in [0, 0.05) is 12.1 Å². The molecule has 0 aliphatic carbocycles. The minimum atomic E-state index is -5.70. The maximum Gasteiger partial charge on any atom is 0.422 e. The van der Waals surface area contributed by atoms with Gasteiger partial charge in [0.15, 0.2) is 29.1 Å². The third kappa shape index (κ3) is 5.19. The number of nitrogens with one attached hydrogen (secondary N) is 1. The number of benzene rings is 3. The summed E-state index contributed by atoms with van der Waals surface area (Å²) < 4.78 is 94.2. The Bertz CT molecular complexity index is 1290. The molecule has 35 heavy (non-hydrogen) atoms. The number of hydrogen-bond acceptors (Lipinski definition) is 3.